The Labute approximate surface area is 126 Å². The number of imidazole rings is 1. The smallest absolute Gasteiger partial charge is 0.302 e. The van der Waals surface area contributed by atoms with Crippen LogP contribution in [0.3, 0.4) is 0 Å². The average Bonchev–Trinajstić information content (AvgIpc) is 2.87. The molecule has 0 unspecified atom stereocenters. The molecule has 0 radical (unpaired) electrons. The van der Waals surface area contributed by atoms with Crippen molar-refractivity contribution in [1.29, 1.82) is 0 Å². The molecule has 116 valence electrons. The number of hydrogen-bond donors (Lipinski definition) is 1. The third-order valence-electron chi connectivity index (χ3n) is 4.81. The van der Waals surface area contributed by atoms with Gasteiger partial charge in [0.05, 0.1) is 19.0 Å². The zero-order chi connectivity index (χ0) is 15.5. The fraction of sp³-hybridized carbons (Fsp3) is 0.571. The number of rotatable bonds is 3. The maximum absolute atomic E-state index is 11.0. The summed E-state index contributed by atoms with van der Waals surface area (Å²) in [4.78, 5) is 23.6. The Bertz CT molecular complexity index is 760. The molecule has 1 aliphatic heterocycles. The van der Waals surface area contributed by atoms with E-state index in [4.69, 9.17) is 15.2 Å². The summed E-state index contributed by atoms with van der Waals surface area (Å²) in [5, 5.41) is 0. The number of carbonyl (C=O) groups excluding carboxylic acids is 1. The minimum atomic E-state index is -0.266. The molecule has 8 heteroatoms. The topological polar surface area (TPSA) is 108 Å². The quantitative estimate of drug-likeness (QED) is 0.656. The molecule has 0 amide bonds. The van der Waals surface area contributed by atoms with Gasteiger partial charge in [-0.1, -0.05) is 0 Å². The number of ether oxygens (including phenoxy) is 2. The van der Waals surface area contributed by atoms with Crippen LogP contribution in [0, 0.1) is 5.92 Å². The number of esters is 1. The van der Waals surface area contributed by atoms with E-state index in [2.05, 4.69) is 21.9 Å². The SMILES string of the molecule is CC(=O)OC[C@H]1C[C@@H](n2cnc3c(N)ncnc32)[C@@H]2O[C@]12C. The lowest BCUT2D eigenvalue weighted by molar-refractivity contribution is -0.143. The van der Waals surface area contributed by atoms with Crippen LogP contribution < -0.4 is 5.73 Å². The highest BCUT2D eigenvalue weighted by Crippen LogP contribution is 2.58. The van der Waals surface area contributed by atoms with Crippen molar-refractivity contribution in [2.45, 2.75) is 38.0 Å². The van der Waals surface area contributed by atoms with Crippen LogP contribution in [0.5, 0.6) is 0 Å². The van der Waals surface area contributed by atoms with Crippen LogP contribution in [0.1, 0.15) is 26.3 Å². The van der Waals surface area contributed by atoms with E-state index in [0.29, 0.717) is 23.6 Å². The third kappa shape index (κ3) is 1.80. The Hall–Kier alpha value is -2.22. The second-order valence-electron chi connectivity index (χ2n) is 6.11. The van der Waals surface area contributed by atoms with Gasteiger partial charge in [-0.25, -0.2) is 15.0 Å². The van der Waals surface area contributed by atoms with E-state index in [9.17, 15) is 4.79 Å². The van der Waals surface area contributed by atoms with E-state index >= 15 is 0 Å². The molecule has 2 aromatic rings. The first-order chi connectivity index (χ1) is 10.5. The molecule has 0 aromatic carbocycles. The Morgan fingerprint density at radius 2 is 2.36 bits per heavy atom. The zero-order valence-corrected chi connectivity index (χ0v) is 12.4. The van der Waals surface area contributed by atoms with Crippen LogP contribution in [0.25, 0.3) is 11.2 Å². The van der Waals surface area contributed by atoms with Crippen LogP contribution in [-0.4, -0.2) is 43.8 Å². The minimum absolute atomic E-state index is 0.0849. The van der Waals surface area contributed by atoms with Gasteiger partial charge in [0.15, 0.2) is 11.5 Å². The van der Waals surface area contributed by atoms with Gasteiger partial charge in [-0.3, -0.25) is 4.79 Å². The molecule has 3 heterocycles. The van der Waals surface area contributed by atoms with Crippen LogP contribution in [0.4, 0.5) is 5.82 Å². The van der Waals surface area contributed by atoms with Crippen molar-refractivity contribution in [3.63, 3.8) is 0 Å². The molecule has 2 N–H and O–H groups in total. The third-order valence-corrected chi connectivity index (χ3v) is 4.81. The van der Waals surface area contributed by atoms with E-state index in [1.54, 1.807) is 6.33 Å². The highest BCUT2D eigenvalue weighted by atomic mass is 16.6. The molecular weight excluding hydrogens is 286 g/mol. The number of aromatic nitrogens is 4. The Kier molecular flexibility index (Phi) is 2.68. The first kappa shape index (κ1) is 13.4. The van der Waals surface area contributed by atoms with E-state index in [1.165, 1.54) is 13.3 Å². The zero-order valence-electron chi connectivity index (χ0n) is 12.4. The van der Waals surface area contributed by atoms with Crippen molar-refractivity contribution in [2.24, 2.45) is 5.92 Å². The lowest BCUT2D eigenvalue weighted by Gasteiger charge is -2.19. The summed E-state index contributed by atoms with van der Waals surface area (Å²) in [6.07, 6.45) is 4.11. The first-order valence-corrected chi connectivity index (χ1v) is 7.25. The number of anilines is 1. The highest BCUT2D eigenvalue weighted by Gasteiger charge is 2.67. The van der Waals surface area contributed by atoms with Gasteiger partial charge < -0.3 is 19.8 Å². The van der Waals surface area contributed by atoms with Gasteiger partial charge in [-0.2, -0.15) is 0 Å². The summed E-state index contributed by atoms with van der Waals surface area (Å²) in [5.41, 5.74) is 6.91. The van der Waals surface area contributed by atoms with Crippen LogP contribution in [-0.2, 0) is 14.3 Å². The lowest BCUT2D eigenvalue weighted by atomic mass is 9.98. The molecule has 1 saturated heterocycles. The number of fused-ring (bicyclic) bond motifs is 2. The van der Waals surface area contributed by atoms with Crippen molar-refractivity contribution in [3.05, 3.63) is 12.7 Å². The number of nitrogen functional groups attached to an aromatic ring is 1. The van der Waals surface area contributed by atoms with Gasteiger partial charge in [0, 0.05) is 12.8 Å². The molecule has 2 aliphatic rings. The molecule has 22 heavy (non-hydrogen) atoms. The Balaban J connectivity index is 1.64. The summed E-state index contributed by atoms with van der Waals surface area (Å²) in [6, 6.07) is 0.116. The largest absolute Gasteiger partial charge is 0.465 e. The second-order valence-corrected chi connectivity index (χ2v) is 6.11. The molecule has 0 spiro atoms. The highest BCUT2D eigenvalue weighted by molar-refractivity contribution is 5.81. The lowest BCUT2D eigenvalue weighted by Crippen LogP contribution is -2.23. The predicted octanol–water partition coefficient (Wildman–Crippen LogP) is 0.690. The standard InChI is InChI=1S/C14H17N5O3/c1-7(20)21-4-8-3-9(11-14(8,2)22-11)19-6-18-10-12(15)16-5-17-13(10)19/h5-6,8-9,11H,3-4H2,1-2H3,(H2,15,16,17)/t8-,9-,11+,14-/m1/s1. The van der Waals surface area contributed by atoms with Crippen molar-refractivity contribution in [1.82, 2.24) is 19.5 Å². The van der Waals surface area contributed by atoms with Gasteiger partial charge >= 0.3 is 5.97 Å². The molecule has 0 bridgehead atoms. The van der Waals surface area contributed by atoms with Crippen LogP contribution in [0.15, 0.2) is 12.7 Å². The van der Waals surface area contributed by atoms with E-state index in [0.717, 1.165) is 6.42 Å². The van der Waals surface area contributed by atoms with Crippen molar-refractivity contribution < 1.29 is 14.3 Å². The Morgan fingerprint density at radius 1 is 1.55 bits per heavy atom. The van der Waals surface area contributed by atoms with Crippen molar-refractivity contribution in [3.8, 4) is 0 Å². The number of nitrogens with two attached hydrogens (primary N) is 1. The normalized spacial score (nSPS) is 32.9. The molecule has 4 atom stereocenters. The maximum atomic E-state index is 11.0. The molecule has 8 nitrogen and oxygen atoms in total. The summed E-state index contributed by atoms with van der Waals surface area (Å²) < 4.78 is 13.1. The predicted molar refractivity (Wildman–Crippen MR) is 76.8 cm³/mol. The van der Waals surface area contributed by atoms with E-state index in [-0.39, 0.29) is 29.6 Å². The maximum Gasteiger partial charge on any atom is 0.302 e. The van der Waals surface area contributed by atoms with Gasteiger partial charge in [0.1, 0.15) is 23.5 Å². The molecule has 2 fully saturated rings. The van der Waals surface area contributed by atoms with Crippen molar-refractivity contribution >= 4 is 23.0 Å². The summed E-state index contributed by atoms with van der Waals surface area (Å²) in [5.74, 6) is 0.276. The number of epoxide rings is 1. The summed E-state index contributed by atoms with van der Waals surface area (Å²) in [6.45, 7) is 3.86. The molecule has 1 saturated carbocycles. The number of carbonyl (C=O) groups is 1. The van der Waals surface area contributed by atoms with Crippen LogP contribution >= 0.6 is 0 Å². The van der Waals surface area contributed by atoms with Gasteiger partial charge in [-0.05, 0) is 13.3 Å². The van der Waals surface area contributed by atoms with E-state index < -0.39 is 0 Å². The first-order valence-electron chi connectivity index (χ1n) is 7.25. The second kappa shape index (κ2) is 4.39. The van der Waals surface area contributed by atoms with Crippen molar-refractivity contribution in [2.75, 3.05) is 12.3 Å². The average molecular weight is 303 g/mol. The van der Waals surface area contributed by atoms with E-state index in [1.807, 2.05) is 4.57 Å². The molecular formula is C14H17N5O3. The minimum Gasteiger partial charge on any atom is -0.465 e. The van der Waals surface area contributed by atoms with Gasteiger partial charge in [0.25, 0.3) is 0 Å². The summed E-state index contributed by atoms with van der Waals surface area (Å²) in [7, 11) is 0. The molecule has 4 rings (SSSR count). The van der Waals surface area contributed by atoms with Gasteiger partial charge in [-0.15, -0.1) is 0 Å². The molecule has 2 aromatic heterocycles. The number of hydrogen-bond acceptors (Lipinski definition) is 7. The Morgan fingerprint density at radius 3 is 3.14 bits per heavy atom. The number of nitrogens with zero attached hydrogens (tertiary/aromatic N) is 4. The summed E-state index contributed by atoms with van der Waals surface area (Å²) >= 11 is 0. The fourth-order valence-electron chi connectivity index (χ4n) is 3.50. The monoisotopic (exact) mass is 303 g/mol. The van der Waals surface area contributed by atoms with Gasteiger partial charge in [0.2, 0.25) is 0 Å². The van der Waals surface area contributed by atoms with Crippen LogP contribution in [0.2, 0.25) is 0 Å². The fourth-order valence-corrected chi connectivity index (χ4v) is 3.50. The molecule has 1 aliphatic carbocycles.